The number of amides is 2. The van der Waals surface area contributed by atoms with Gasteiger partial charge >= 0.3 is 0 Å². The minimum absolute atomic E-state index is 0.0146. The van der Waals surface area contributed by atoms with E-state index in [0.29, 0.717) is 26.0 Å². The van der Waals surface area contributed by atoms with E-state index < -0.39 is 0 Å². The third kappa shape index (κ3) is 7.68. The van der Waals surface area contributed by atoms with Crippen LogP contribution in [-0.4, -0.2) is 42.5 Å². The van der Waals surface area contributed by atoms with Crippen LogP contribution in [0.4, 0.5) is 0 Å². The standard InChI is InChI=1S/C18H28N2O3/c1-5-20(13-17(21)19-14(2)3)18(22)10-7-11-23-16-9-6-8-15(4)12-16/h6,8-9,12,14H,5,7,10-11,13H2,1-4H3,(H,19,21). The van der Waals surface area contributed by atoms with Gasteiger partial charge in [0, 0.05) is 19.0 Å². The van der Waals surface area contributed by atoms with Gasteiger partial charge in [-0.2, -0.15) is 0 Å². The summed E-state index contributed by atoms with van der Waals surface area (Å²) in [5.41, 5.74) is 1.15. The number of hydrogen-bond donors (Lipinski definition) is 1. The SMILES string of the molecule is CCN(CC(=O)NC(C)C)C(=O)CCCOc1cccc(C)c1. The van der Waals surface area contributed by atoms with Gasteiger partial charge < -0.3 is 15.0 Å². The molecule has 0 fully saturated rings. The van der Waals surface area contributed by atoms with E-state index in [0.717, 1.165) is 11.3 Å². The maximum absolute atomic E-state index is 12.2. The quantitative estimate of drug-likeness (QED) is 0.711. The molecule has 1 aromatic carbocycles. The van der Waals surface area contributed by atoms with Crippen molar-refractivity contribution in [2.24, 2.45) is 0 Å². The Labute approximate surface area is 139 Å². The van der Waals surface area contributed by atoms with Gasteiger partial charge in [-0.05, 0) is 51.8 Å². The molecular weight excluding hydrogens is 292 g/mol. The first kappa shape index (κ1) is 19.0. The highest BCUT2D eigenvalue weighted by atomic mass is 16.5. The number of nitrogens with zero attached hydrogens (tertiary/aromatic N) is 1. The first-order chi connectivity index (χ1) is 10.9. The smallest absolute Gasteiger partial charge is 0.239 e. The van der Waals surface area contributed by atoms with Crippen LogP contribution in [0.25, 0.3) is 0 Å². The third-order valence-electron chi connectivity index (χ3n) is 3.31. The molecule has 128 valence electrons. The molecule has 0 saturated carbocycles. The normalized spacial score (nSPS) is 10.5. The lowest BCUT2D eigenvalue weighted by molar-refractivity contribution is -0.136. The number of carbonyl (C=O) groups is 2. The number of likely N-dealkylation sites (N-methyl/N-ethyl adjacent to an activating group) is 1. The Bertz CT molecular complexity index is 515. The zero-order valence-corrected chi connectivity index (χ0v) is 14.6. The largest absolute Gasteiger partial charge is 0.494 e. The van der Waals surface area contributed by atoms with Crippen molar-refractivity contribution in [2.45, 2.75) is 46.6 Å². The number of ether oxygens (including phenoxy) is 1. The molecule has 5 heteroatoms. The lowest BCUT2D eigenvalue weighted by atomic mass is 10.2. The van der Waals surface area contributed by atoms with E-state index in [1.165, 1.54) is 0 Å². The van der Waals surface area contributed by atoms with Gasteiger partial charge in [0.1, 0.15) is 5.75 Å². The average Bonchev–Trinajstić information content (AvgIpc) is 2.48. The Kier molecular flexibility index (Phi) is 8.16. The van der Waals surface area contributed by atoms with Crippen molar-refractivity contribution in [2.75, 3.05) is 19.7 Å². The summed E-state index contributed by atoms with van der Waals surface area (Å²) in [7, 11) is 0. The Morgan fingerprint density at radius 3 is 2.65 bits per heavy atom. The van der Waals surface area contributed by atoms with Crippen LogP contribution in [0.1, 0.15) is 39.2 Å². The fraction of sp³-hybridized carbons (Fsp3) is 0.556. The number of rotatable bonds is 9. The molecule has 0 aliphatic carbocycles. The predicted octanol–water partition coefficient (Wildman–Crippen LogP) is 2.53. The molecule has 0 heterocycles. The maximum atomic E-state index is 12.2. The van der Waals surface area contributed by atoms with Crippen LogP contribution in [-0.2, 0) is 9.59 Å². The number of carbonyl (C=O) groups excluding carboxylic acids is 2. The van der Waals surface area contributed by atoms with E-state index in [1.807, 2.05) is 52.0 Å². The van der Waals surface area contributed by atoms with Crippen LogP contribution < -0.4 is 10.1 Å². The molecule has 0 radical (unpaired) electrons. The van der Waals surface area contributed by atoms with E-state index in [2.05, 4.69) is 5.32 Å². The van der Waals surface area contributed by atoms with E-state index >= 15 is 0 Å². The van der Waals surface area contributed by atoms with Crippen LogP contribution in [0, 0.1) is 6.92 Å². The fourth-order valence-corrected chi connectivity index (χ4v) is 2.19. The monoisotopic (exact) mass is 320 g/mol. The van der Waals surface area contributed by atoms with Crippen LogP contribution >= 0.6 is 0 Å². The van der Waals surface area contributed by atoms with E-state index in [1.54, 1.807) is 4.90 Å². The van der Waals surface area contributed by atoms with Gasteiger partial charge in [0.2, 0.25) is 11.8 Å². The van der Waals surface area contributed by atoms with E-state index in [-0.39, 0.29) is 24.4 Å². The summed E-state index contributed by atoms with van der Waals surface area (Å²) < 4.78 is 5.63. The molecule has 1 rings (SSSR count). The lowest BCUT2D eigenvalue weighted by Crippen LogP contribution is -2.42. The van der Waals surface area contributed by atoms with E-state index in [4.69, 9.17) is 4.74 Å². The highest BCUT2D eigenvalue weighted by Gasteiger charge is 2.15. The van der Waals surface area contributed by atoms with Crippen molar-refractivity contribution in [3.05, 3.63) is 29.8 Å². The average molecular weight is 320 g/mol. The molecule has 1 N–H and O–H groups in total. The van der Waals surface area contributed by atoms with Gasteiger partial charge in [-0.1, -0.05) is 12.1 Å². The van der Waals surface area contributed by atoms with Gasteiger partial charge in [0.15, 0.2) is 0 Å². The molecule has 0 spiro atoms. The van der Waals surface area contributed by atoms with Crippen molar-refractivity contribution < 1.29 is 14.3 Å². The molecule has 5 nitrogen and oxygen atoms in total. The Balaban J connectivity index is 2.32. The highest BCUT2D eigenvalue weighted by molar-refractivity contribution is 5.84. The van der Waals surface area contributed by atoms with Gasteiger partial charge in [-0.15, -0.1) is 0 Å². The van der Waals surface area contributed by atoms with Crippen LogP contribution in [0.5, 0.6) is 5.75 Å². The first-order valence-electron chi connectivity index (χ1n) is 8.19. The molecule has 0 bridgehead atoms. The molecule has 0 aliphatic heterocycles. The summed E-state index contributed by atoms with van der Waals surface area (Å²) in [5, 5.41) is 2.80. The van der Waals surface area contributed by atoms with Gasteiger partial charge in [-0.25, -0.2) is 0 Å². The van der Waals surface area contributed by atoms with Crippen LogP contribution in [0.2, 0.25) is 0 Å². The second kappa shape index (κ2) is 9.87. The second-order valence-corrected chi connectivity index (χ2v) is 5.90. The maximum Gasteiger partial charge on any atom is 0.239 e. The first-order valence-corrected chi connectivity index (χ1v) is 8.19. The topological polar surface area (TPSA) is 58.6 Å². The zero-order valence-electron chi connectivity index (χ0n) is 14.6. The fourth-order valence-electron chi connectivity index (χ4n) is 2.19. The minimum Gasteiger partial charge on any atom is -0.494 e. The zero-order chi connectivity index (χ0) is 17.2. The molecule has 1 aromatic rings. The van der Waals surface area contributed by atoms with Crippen molar-refractivity contribution in [1.29, 1.82) is 0 Å². The highest BCUT2D eigenvalue weighted by Crippen LogP contribution is 2.12. The number of hydrogen-bond acceptors (Lipinski definition) is 3. The molecule has 0 atom stereocenters. The van der Waals surface area contributed by atoms with Crippen molar-refractivity contribution in [3.8, 4) is 5.75 Å². The summed E-state index contributed by atoms with van der Waals surface area (Å²) in [5.74, 6) is 0.687. The summed E-state index contributed by atoms with van der Waals surface area (Å²) >= 11 is 0. The number of benzene rings is 1. The van der Waals surface area contributed by atoms with Crippen molar-refractivity contribution in [3.63, 3.8) is 0 Å². The van der Waals surface area contributed by atoms with Crippen LogP contribution in [0.15, 0.2) is 24.3 Å². The second-order valence-electron chi connectivity index (χ2n) is 5.90. The lowest BCUT2D eigenvalue weighted by Gasteiger charge is -2.21. The molecule has 0 aromatic heterocycles. The predicted molar refractivity (Wildman–Crippen MR) is 91.4 cm³/mol. The number of aryl methyl sites for hydroxylation is 1. The van der Waals surface area contributed by atoms with Gasteiger partial charge in [0.25, 0.3) is 0 Å². The van der Waals surface area contributed by atoms with Gasteiger partial charge in [0.05, 0.1) is 13.2 Å². The summed E-state index contributed by atoms with van der Waals surface area (Å²) in [4.78, 5) is 25.5. The summed E-state index contributed by atoms with van der Waals surface area (Å²) in [6, 6.07) is 7.92. The Morgan fingerprint density at radius 1 is 1.30 bits per heavy atom. The molecule has 0 aliphatic rings. The van der Waals surface area contributed by atoms with Crippen molar-refractivity contribution >= 4 is 11.8 Å². The Morgan fingerprint density at radius 2 is 2.04 bits per heavy atom. The minimum atomic E-state index is -0.119. The van der Waals surface area contributed by atoms with Crippen molar-refractivity contribution in [1.82, 2.24) is 10.2 Å². The number of nitrogens with one attached hydrogen (secondary N) is 1. The third-order valence-corrected chi connectivity index (χ3v) is 3.31. The molecule has 2 amide bonds. The molecule has 0 unspecified atom stereocenters. The molecule has 23 heavy (non-hydrogen) atoms. The Hall–Kier alpha value is -2.04. The molecular formula is C18H28N2O3. The van der Waals surface area contributed by atoms with Crippen LogP contribution in [0.3, 0.4) is 0 Å². The molecule has 0 saturated heterocycles. The van der Waals surface area contributed by atoms with E-state index in [9.17, 15) is 9.59 Å². The summed E-state index contributed by atoms with van der Waals surface area (Å²) in [6.45, 7) is 8.83. The summed E-state index contributed by atoms with van der Waals surface area (Å²) in [6.07, 6.45) is 1.02. The van der Waals surface area contributed by atoms with Gasteiger partial charge in [-0.3, -0.25) is 9.59 Å².